The van der Waals surface area contributed by atoms with Crippen LogP contribution in [0.3, 0.4) is 0 Å². The average molecular weight is 425 g/mol. The zero-order valence-electron chi connectivity index (χ0n) is 18.1. The first kappa shape index (κ1) is 22.3. The molecule has 0 saturated carbocycles. The molecule has 3 rings (SSSR count). The quantitative estimate of drug-likeness (QED) is 0.414. The van der Waals surface area contributed by atoms with Gasteiger partial charge >= 0.3 is 0 Å². The molecule has 0 N–H and O–H groups in total. The van der Waals surface area contributed by atoms with Gasteiger partial charge in [-0.15, -0.1) is 17.9 Å². The average Bonchev–Trinajstić information content (AvgIpc) is 3.22. The number of carbonyl (C=O) groups is 2. The first-order valence-corrected chi connectivity index (χ1v) is 11.7. The molecule has 4 nitrogen and oxygen atoms in total. The standard InChI is InChI=1S/C25H32N2O2S/c1-4-6-7-8-23(28)26(15-5-2)18-24(29)27-16-13-22-21(14-17-30-22)25(27)20-11-9-19(3)10-12-20/h5,9-12,14,17,25H,2,4,6-8,13,15-16,18H2,1,3H3. The van der Waals surface area contributed by atoms with Gasteiger partial charge in [0.25, 0.3) is 0 Å². The van der Waals surface area contributed by atoms with Gasteiger partial charge in [-0.1, -0.05) is 55.7 Å². The maximum atomic E-state index is 13.4. The number of hydrogen-bond acceptors (Lipinski definition) is 3. The van der Waals surface area contributed by atoms with Gasteiger partial charge < -0.3 is 9.80 Å². The fourth-order valence-electron chi connectivity index (χ4n) is 4.04. The minimum absolute atomic E-state index is 0.00289. The summed E-state index contributed by atoms with van der Waals surface area (Å²) >= 11 is 1.76. The van der Waals surface area contributed by atoms with Crippen LogP contribution in [0, 0.1) is 6.92 Å². The van der Waals surface area contributed by atoms with E-state index in [1.54, 1.807) is 22.3 Å². The third kappa shape index (κ3) is 5.20. The van der Waals surface area contributed by atoms with Crippen LogP contribution in [-0.4, -0.2) is 41.2 Å². The van der Waals surface area contributed by atoms with Crippen LogP contribution >= 0.6 is 11.3 Å². The molecule has 2 amide bonds. The van der Waals surface area contributed by atoms with E-state index in [0.717, 1.165) is 31.2 Å². The van der Waals surface area contributed by atoms with E-state index < -0.39 is 0 Å². The number of benzene rings is 1. The lowest BCUT2D eigenvalue weighted by atomic mass is 9.92. The van der Waals surface area contributed by atoms with Crippen molar-refractivity contribution in [3.05, 3.63) is 69.9 Å². The molecule has 5 heteroatoms. The molecule has 1 aliphatic rings. The fourth-order valence-corrected chi connectivity index (χ4v) is 4.95. The molecule has 1 aromatic heterocycles. The van der Waals surface area contributed by atoms with Crippen molar-refractivity contribution in [2.24, 2.45) is 0 Å². The molecule has 2 aromatic rings. The van der Waals surface area contributed by atoms with Crippen molar-refractivity contribution < 1.29 is 9.59 Å². The first-order chi connectivity index (χ1) is 14.5. The summed E-state index contributed by atoms with van der Waals surface area (Å²) in [5.74, 6) is 0.0416. The van der Waals surface area contributed by atoms with E-state index >= 15 is 0 Å². The first-order valence-electron chi connectivity index (χ1n) is 10.9. The third-order valence-electron chi connectivity index (χ3n) is 5.70. The predicted octanol–water partition coefficient (Wildman–Crippen LogP) is 5.13. The van der Waals surface area contributed by atoms with Crippen molar-refractivity contribution in [3.63, 3.8) is 0 Å². The molecule has 160 valence electrons. The summed E-state index contributed by atoms with van der Waals surface area (Å²) in [6, 6.07) is 10.5. The molecule has 0 fully saturated rings. The highest BCUT2D eigenvalue weighted by Gasteiger charge is 2.33. The molecule has 2 heterocycles. The van der Waals surface area contributed by atoms with E-state index in [9.17, 15) is 9.59 Å². The number of fused-ring (bicyclic) bond motifs is 1. The van der Waals surface area contributed by atoms with E-state index in [1.807, 2.05) is 4.90 Å². The number of aryl methyl sites for hydroxylation is 1. The van der Waals surface area contributed by atoms with Gasteiger partial charge in [-0.05, 0) is 42.3 Å². The molecule has 0 bridgehead atoms. The number of rotatable bonds is 9. The monoisotopic (exact) mass is 424 g/mol. The zero-order valence-corrected chi connectivity index (χ0v) is 18.9. The van der Waals surface area contributed by atoms with Gasteiger partial charge in [0.15, 0.2) is 0 Å². The molecule has 0 radical (unpaired) electrons. The van der Waals surface area contributed by atoms with Crippen LogP contribution in [0.15, 0.2) is 48.4 Å². The second kappa shape index (κ2) is 10.6. The summed E-state index contributed by atoms with van der Waals surface area (Å²) in [4.78, 5) is 31.0. The smallest absolute Gasteiger partial charge is 0.243 e. The molecular formula is C25H32N2O2S. The number of amides is 2. The van der Waals surface area contributed by atoms with E-state index in [2.05, 4.69) is 56.1 Å². The second-order valence-corrected chi connectivity index (χ2v) is 8.97. The van der Waals surface area contributed by atoms with Crippen LogP contribution in [0.2, 0.25) is 0 Å². The summed E-state index contributed by atoms with van der Waals surface area (Å²) in [7, 11) is 0. The van der Waals surface area contributed by atoms with Crippen molar-refractivity contribution >= 4 is 23.2 Å². The van der Waals surface area contributed by atoms with Crippen LogP contribution in [-0.2, 0) is 16.0 Å². The summed E-state index contributed by atoms with van der Waals surface area (Å²) in [5, 5.41) is 2.11. The summed E-state index contributed by atoms with van der Waals surface area (Å²) in [6.07, 6.45) is 6.03. The van der Waals surface area contributed by atoms with Crippen LogP contribution in [0.1, 0.15) is 60.2 Å². The van der Waals surface area contributed by atoms with Crippen molar-refractivity contribution in [1.82, 2.24) is 9.80 Å². The highest BCUT2D eigenvalue weighted by molar-refractivity contribution is 7.10. The number of hydrogen-bond donors (Lipinski definition) is 0. The maximum absolute atomic E-state index is 13.4. The molecule has 1 unspecified atom stereocenters. The van der Waals surface area contributed by atoms with E-state index in [1.165, 1.54) is 16.0 Å². The van der Waals surface area contributed by atoms with Crippen molar-refractivity contribution in [2.75, 3.05) is 19.6 Å². The number of carbonyl (C=O) groups excluding carboxylic acids is 2. The molecule has 1 atom stereocenters. The predicted molar refractivity (Wildman–Crippen MR) is 124 cm³/mol. The van der Waals surface area contributed by atoms with E-state index in [4.69, 9.17) is 0 Å². The minimum atomic E-state index is -0.0890. The molecule has 0 spiro atoms. The second-order valence-electron chi connectivity index (χ2n) is 7.97. The Balaban J connectivity index is 1.80. The lowest BCUT2D eigenvalue weighted by Crippen LogP contribution is -2.46. The van der Waals surface area contributed by atoms with Gasteiger partial charge in [0.05, 0.1) is 6.04 Å². The Morgan fingerprint density at radius 3 is 2.70 bits per heavy atom. The Hall–Kier alpha value is -2.40. The van der Waals surface area contributed by atoms with Crippen LogP contribution in [0.25, 0.3) is 0 Å². The molecule has 0 aliphatic carbocycles. The summed E-state index contributed by atoms with van der Waals surface area (Å²) in [6.45, 7) is 9.16. The van der Waals surface area contributed by atoms with Crippen LogP contribution in [0.5, 0.6) is 0 Å². The Morgan fingerprint density at radius 1 is 1.23 bits per heavy atom. The summed E-state index contributed by atoms with van der Waals surface area (Å²) < 4.78 is 0. The van der Waals surface area contributed by atoms with Gasteiger partial charge in [0, 0.05) is 24.4 Å². The topological polar surface area (TPSA) is 40.6 Å². The summed E-state index contributed by atoms with van der Waals surface area (Å²) in [5.41, 5.74) is 3.54. The lowest BCUT2D eigenvalue weighted by Gasteiger charge is -2.37. The highest BCUT2D eigenvalue weighted by atomic mass is 32.1. The number of nitrogens with zero attached hydrogens (tertiary/aromatic N) is 2. The lowest BCUT2D eigenvalue weighted by molar-refractivity contribution is -0.141. The minimum Gasteiger partial charge on any atom is -0.330 e. The zero-order chi connectivity index (χ0) is 21.5. The Bertz CT molecular complexity index is 872. The Labute approximate surface area is 184 Å². The van der Waals surface area contributed by atoms with Crippen LogP contribution in [0.4, 0.5) is 0 Å². The molecule has 30 heavy (non-hydrogen) atoms. The third-order valence-corrected chi connectivity index (χ3v) is 6.70. The maximum Gasteiger partial charge on any atom is 0.243 e. The van der Waals surface area contributed by atoms with Crippen molar-refractivity contribution in [2.45, 2.75) is 52.0 Å². The Morgan fingerprint density at radius 2 is 2.00 bits per heavy atom. The van der Waals surface area contributed by atoms with E-state index in [-0.39, 0.29) is 24.4 Å². The van der Waals surface area contributed by atoms with Gasteiger partial charge in [-0.2, -0.15) is 0 Å². The Kier molecular flexibility index (Phi) is 7.86. The molecule has 1 aliphatic heterocycles. The normalized spacial score (nSPS) is 15.5. The van der Waals surface area contributed by atoms with Crippen LogP contribution < -0.4 is 0 Å². The number of thiophene rings is 1. The van der Waals surface area contributed by atoms with Gasteiger partial charge in [0.2, 0.25) is 11.8 Å². The van der Waals surface area contributed by atoms with Gasteiger partial charge in [-0.3, -0.25) is 9.59 Å². The number of unbranched alkanes of at least 4 members (excludes halogenated alkanes) is 2. The SMILES string of the molecule is C=CCN(CC(=O)N1CCc2sccc2C1c1ccc(C)cc1)C(=O)CCCCC. The molecule has 1 aromatic carbocycles. The van der Waals surface area contributed by atoms with Crippen molar-refractivity contribution in [1.29, 1.82) is 0 Å². The molecular weight excluding hydrogens is 392 g/mol. The largest absolute Gasteiger partial charge is 0.330 e. The van der Waals surface area contributed by atoms with Gasteiger partial charge in [-0.25, -0.2) is 0 Å². The van der Waals surface area contributed by atoms with E-state index in [0.29, 0.717) is 19.5 Å². The molecule has 0 saturated heterocycles. The fraction of sp³-hybridized carbons (Fsp3) is 0.440. The van der Waals surface area contributed by atoms with Crippen molar-refractivity contribution in [3.8, 4) is 0 Å². The highest BCUT2D eigenvalue weighted by Crippen LogP contribution is 2.37. The van der Waals surface area contributed by atoms with Gasteiger partial charge in [0.1, 0.15) is 6.54 Å².